The average Bonchev–Trinajstić information content (AvgIpc) is 2.79. The molecule has 2 saturated heterocycles. The van der Waals surface area contributed by atoms with E-state index in [1.165, 1.54) is 12.0 Å². The molecule has 2 heterocycles. The van der Waals surface area contributed by atoms with Crippen molar-refractivity contribution in [2.45, 2.75) is 57.5 Å². The summed E-state index contributed by atoms with van der Waals surface area (Å²) in [5.41, 5.74) is 1.29. The molecule has 1 aliphatic carbocycles. The summed E-state index contributed by atoms with van der Waals surface area (Å²) < 4.78 is 5.58. The SMILES string of the molecule is O=C1C(=O)N(C[C@H]2CCCCO2)C(=O)N1CCC1=CCCCC1. The molecular formula is C17H24N2O4. The van der Waals surface area contributed by atoms with E-state index in [-0.39, 0.29) is 12.6 Å². The van der Waals surface area contributed by atoms with Crippen LogP contribution in [0.1, 0.15) is 51.4 Å². The van der Waals surface area contributed by atoms with E-state index >= 15 is 0 Å². The standard InChI is InChI=1S/C17H24N2O4/c20-15-16(21)19(12-14-8-4-5-11-23-14)17(22)18(15)10-9-13-6-2-1-3-7-13/h6,14H,1-5,7-12H2/t14-/m1/s1. The summed E-state index contributed by atoms with van der Waals surface area (Å²) in [7, 11) is 0. The van der Waals surface area contributed by atoms with E-state index < -0.39 is 17.8 Å². The first kappa shape index (κ1) is 16.2. The third-order valence-corrected chi connectivity index (χ3v) is 4.84. The highest BCUT2D eigenvalue weighted by atomic mass is 16.5. The van der Waals surface area contributed by atoms with Gasteiger partial charge in [0.2, 0.25) is 0 Å². The van der Waals surface area contributed by atoms with Crippen LogP contribution >= 0.6 is 0 Å². The molecule has 3 rings (SSSR count). The number of imide groups is 2. The number of rotatable bonds is 5. The Kier molecular flexibility index (Phi) is 5.10. The number of nitrogens with zero attached hydrogens (tertiary/aromatic N) is 2. The van der Waals surface area contributed by atoms with Gasteiger partial charge in [0.1, 0.15) is 0 Å². The second-order valence-electron chi connectivity index (χ2n) is 6.50. The van der Waals surface area contributed by atoms with Gasteiger partial charge < -0.3 is 4.74 Å². The number of hydrogen-bond acceptors (Lipinski definition) is 4. The van der Waals surface area contributed by atoms with Crippen LogP contribution in [0.25, 0.3) is 0 Å². The molecule has 0 unspecified atom stereocenters. The highest BCUT2D eigenvalue weighted by molar-refractivity contribution is 6.44. The molecule has 0 saturated carbocycles. The maximum Gasteiger partial charge on any atom is 0.334 e. The molecule has 23 heavy (non-hydrogen) atoms. The lowest BCUT2D eigenvalue weighted by atomic mass is 9.97. The van der Waals surface area contributed by atoms with Crippen LogP contribution in [0, 0.1) is 0 Å². The molecule has 0 aromatic heterocycles. The van der Waals surface area contributed by atoms with Gasteiger partial charge in [-0.2, -0.15) is 0 Å². The number of allylic oxidation sites excluding steroid dienone is 1. The lowest BCUT2D eigenvalue weighted by Crippen LogP contribution is -2.40. The zero-order valence-electron chi connectivity index (χ0n) is 13.5. The topological polar surface area (TPSA) is 66.9 Å². The summed E-state index contributed by atoms with van der Waals surface area (Å²) in [5, 5.41) is 0. The van der Waals surface area contributed by atoms with Gasteiger partial charge in [-0.05, 0) is 51.4 Å². The van der Waals surface area contributed by atoms with E-state index in [0.717, 1.165) is 48.3 Å². The Morgan fingerprint density at radius 3 is 2.57 bits per heavy atom. The molecule has 0 aromatic carbocycles. The van der Waals surface area contributed by atoms with Gasteiger partial charge in [-0.3, -0.25) is 19.4 Å². The summed E-state index contributed by atoms with van der Waals surface area (Å²) >= 11 is 0. The fourth-order valence-electron chi connectivity index (χ4n) is 3.45. The lowest BCUT2D eigenvalue weighted by Gasteiger charge is -2.25. The number of carbonyl (C=O) groups is 3. The highest BCUT2D eigenvalue weighted by Crippen LogP contribution is 2.23. The first-order valence-electron chi connectivity index (χ1n) is 8.63. The first-order valence-corrected chi connectivity index (χ1v) is 8.63. The summed E-state index contributed by atoms with van der Waals surface area (Å²) in [4.78, 5) is 38.8. The smallest absolute Gasteiger partial charge is 0.334 e. The molecule has 0 spiro atoms. The second-order valence-corrected chi connectivity index (χ2v) is 6.50. The second kappa shape index (κ2) is 7.25. The molecule has 1 atom stereocenters. The Labute approximate surface area is 136 Å². The molecule has 6 nitrogen and oxygen atoms in total. The third kappa shape index (κ3) is 3.63. The van der Waals surface area contributed by atoms with Crippen LogP contribution in [0.3, 0.4) is 0 Å². The van der Waals surface area contributed by atoms with Crippen molar-refractivity contribution >= 4 is 17.8 Å². The molecule has 126 valence electrons. The van der Waals surface area contributed by atoms with E-state index in [9.17, 15) is 14.4 Å². The Balaban J connectivity index is 1.58. The van der Waals surface area contributed by atoms with Crippen LogP contribution < -0.4 is 0 Å². The van der Waals surface area contributed by atoms with Gasteiger partial charge in [-0.15, -0.1) is 0 Å². The van der Waals surface area contributed by atoms with Crippen LogP contribution in [-0.4, -0.2) is 53.4 Å². The Hall–Kier alpha value is -1.69. The Morgan fingerprint density at radius 2 is 1.87 bits per heavy atom. The van der Waals surface area contributed by atoms with Crippen LogP contribution in [0.5, 0.6) is 0 Å². The lowest BCUT2D eigenvalue weighted by molar-refractivity contribution is -0.144. The van der Waals surface area contributed by atoms with Crippen molar-refractivity contribution in [2.24, 2.45) is 0 Å². The van der Waals surface area contributed by atoms with Gasteiger partial charge in [-0.25, -0.2) is 4.79 Å². The molecule has 0 N–H and O–H groups in total. The number of carbonyl (C=O) groups excluding carboxylic acids is 3. The summed E-state index contributed by atoms with van der Waals surface area (Å²) in [6, 6.07) is -0.481. The molecule has 0 radical (unpaired) electrons. The molecule has 0 bridgehead atoms. The summed E-state index contributed by atoms with van der Waals surface area (Å²) in [6.45, 7) is 1.16. The van der Waals surface area contributed by atoms with Gasteiger partial charge in [0.05, 0.1) is 12.6 Å². The number of urea groups is 1. The predicted octanol–water partition coefficient (Wildman–Crippen LogP) is 2.24. The number of ether oxygens (including phenoxy) is 1. The van der Waals surface area contributed by atoms with Gasteiger partial charge in [-0.1, -0.05) is 11.6 Å². The van der Waals surface area contributed by atoms with Crippen LogP contribution in [0.2, 0.25) is 0 Å². The summed E-state index contributed by atoms with van der Waals surface area (Å²) in [5.74, 6) is -1.40. The molecule has 6 heteroatoms. The monoisotopic (exact) mass is 320 g/mol. The maximum atomic E-state index is 12.4. The van der Waals surface area contributed by atoms with E-state index in [4.69, 9.17) is 4.74 Å². The van der Waals surface area contributed by atoms with Gasteiger partial charge >= 0.3 is 17.8 Å². The van der Waals surface area contributed by atoms with E-state index in [1.807, 2.05) is 0 Å². The first-order chi connectivity index (χ1) is 11.2. The van der Waals surface area contributed by atoms with Crippen LogP contribution in [-0.2, 0) is 14.3 Å². The highest BCUT2D eigenvalue weighted by Gasteiger charge is 2.45. The minimum atomic E-state index is -0.707. The van der Waals surface area contributed by atoms with Crippen molar-refractivity contribution in [3.8, 4) is 0 Å². The zero-order chi connectivity index (χ0) is 16.2. The largest absolute Gasteiger partial charge is 0.376 e. The maximum absolute atomic E-state index is 12.4. The van der Waals surface area contributed by atoms with Crippen molar-refractivity contribution in [1.29, 1.82) is 0 Å². The molecule has 4 amide bonds. The van der Waals surface area contributed by atoms with E-state index in [0.29, 0.717) is 19.6 Å². The number of amides is 4. The molecule has 0 aromatic rings. The van der Waals surface area contributed by atoms with Gasteiger partial charge in [0.15, 0.2) is 0 Å². The van der Waals surface area contributed by atoms with Crippen LogP contribution in [0.15, 0.2) is 11.6 Å². The van der Waals surface area contributed by atoms with Crippen molar-refractivity contribution < 1.29 is 19.1 Å². The van der Waals surface area contributed by atoms with Crippen molar-refractivity contribution in [2.75, 3.05) is 19.7 Å². The molecule has 3 aliphatic rings. The van der Waals surface area contributed by atoms with E-state index in [1.54, 1.807) is 0 Å². The minimum absolute atomic E-state index is 0.134. The third-order valence-electron chi connectivity index (χ3n) is 4.84. The minimum Gasteiger partial charge on any atom is -0.376 e. The molecule has 2 aliphatic heterocycles. The van der Waals surface area contributed by atoms with E-state index in [2.05, 4.69) is 6.08 Å². The normalized spacial score (nSPS) is 26.0. The molecular weight excluding hydrogens is 296 g/mol. The quantitative estimate of drug-likeness (QED) is 0.443. The van der Waals surface area contributed by atoms with Crippen molar-refractivity contribution in [1.82, 2.24) is 9.80 Å². The summed E-state index contributed by atoms with van der Waals surface area (Å²) in [6.07, 6.45) is 10.1. The fraction of sp³-hybridized carbons (Fsp3) is 0.706. The molecule has 2 fully saturated rings. The van der Waals surface area contributed by atoms with Crippen LogP contribution in [0.4, 0.5) is 4.79 Å². The van der Waals surface area contributed by atoms with Crippen molar-refractivity contribution in [3.63, 3.8) is 0 Å². The predicted molar refractivity (Wildman–Crippen MR) is 83.6 cm³/mol. The van der Waals surface area contributed by atoms with Gasteiger partial charge in [0.25, 0.3) is 0 Å². The van der Waals surface area contributed by atoms with Crippen molar-refractivity contribution in [3.05, 3.63) is 11.6 Å². The average molecular weight is 320 g/mol. The zero-order valence-corrected chi connectivity index (χ0v) is 13.5. The van der Waals surface area contributed by atoms with Gasteiger partial charge in [0, 0.05) is 13.2 Å². The fourth-order valence-corrected chi connectivity index (χ4v) is 3.45. The number of hydrogen-bond donors (Lipinski definition) is 0. The Morgan fingerprint density at radius 1 is 1.04 bits per heavy atom. The Bertz CT molecular complexity index is 523.